The molecule has 4 heteroatoms. The Labute approximate surface area is 124 Å². The molecule has 0 spiro atoms. The van der Waals surface area contributed by atoms with Gasteiger partial charge in [0.15, 0.2) is 11.5 Å². The number of rotatable bonds is 2. The maximum Gasteiger partial charge on any atom is 0.160 e. The molecule has 2 atom stereocenters. The van der Waals surface area contributed by atoms with E-state index >= 15 is 0 Å². The van der Waals surface area contributed by atoms with Crippen LogP contribution in [0.25, 0.3) is 0 Å². The summed E-state index contributed by atoms with van der Waals surface area (Å²) in [5, 5.41) is 19.5. The highest BCUT2D eigenvalue weighted by Crippen LogP contribution is 2.46. The monoisotopic (exact) mass is 325 g/mol. The highest BCUT2D eigenvalue weighted by Gasteiger charge is 2.39. The second-order valence-corrected chi connectivity index (χ2v) is 5.29. The van der Waals surface area contributed by atoms with Crippen molar-refractivity contribution in [2.24, 2.45) is 0 Å². The summed E-state index contributed by atoms with van der Waals surface area (Å²) in [5.41, 5.74) is 2.19. The van der Waals surface area contributed by atoms with Gasteiger partial charge in [-0.15, -0.1) is 23.6 Å². The number of phenolic OH excluding ortho intramolecular Hbond substituents is 2. The second kappa shape index (κ2) is 5.55. The number of fused-ring (bicyclic) bond motifs is 3. The van der Waals surface area contributed by atoms with E-state index in [1.54, 1.807) is 6.07 Å². The fourth-order valence-electron chi connectivity index (χ4n) is 3.60. The van der Waals surface area contributed by atoms with Crippen molar-refractivity contribution in [1.29, 1.82) is 0 Å². The number of likely N-dealkylation sites (tertiary alicyclic amines) is 1. The SMILES string of the molecule is Br.C=CCN1CC[C@H]2c3ccc(O)c(O)c3CC[C@H]21. The molecule has 1 saturated heterocycles. The number of halogens is 1. The average molecular weight is 326 g/mol. The minimum Gasteiger partial charge on any atom is -0.504 e. The van der Waals surface area contributed by atoms with Gasteiger partial charge in [-0.2, -0.15) is 0 Å². The molecule has 3 rings (SSSR count). The van der Waals surface area contributed by atoms with E-state index in [0.717, 1.165) is 37.9 Å². The van der Waals surface area contributed by atoms with Crippen molar-refractivity contribution in [3.63, 3.8) is 0 Å². The third-order valence-corrected chi connectivity index (χ3v) is 4.41. The number of benzene rings is 1. The number of phenols is 2. The lowest BCUT2D eigenvalue weighted by Gasteiger charge is -2.33. The molecule has 2 aliphatic rings. The van der Waals surface area contributed by atoms with E-state index in [1.165, 1.54) is 5.56 Å². The minimum absolute atomic E-state index is 0. The van der Waals surface area contributed by atoms with Gasteiger partial charge in [0.1, 0.15) is 0 Å². The van der Waals surface area contributed by atoms with E-state index < -0.39 is 0 Å². The Hall–Kier alpha value is -1.00. The summed E-state index contributed by atoms with van der Waals surface area (Å²) in [7, 11) is 0. The van der Waals surface area contributed by atoms with Crippen molar-refractivity contribution in [2.45, 2.75) is 31.2 Å². The van der Waals surface area contributed by atoms with Gasteiger partial charge < -0.3 is 10.2 Å². The van der Waals surface area contributed by atoms with E-state index in [0.29, 0.717) is 12.0 Å². The van der Waals surface area contributed by atoms with Gasteiger partial charge in [-0.05, 0) is 37.4 Å². The van der Waals surface area contributed by atoms with Crippen LogP contribution in [0.5, 0.6) is 11.5 Å². The van der Waals surface area contributed by atoms with Gasteiger partial charge in [-0.3, -0.25) is 4.90 Å². The molecule has 0 aromatic heterocycles. The zero-order chi connectivity index (χ0) is 12.7. The maximum absolute atomic E-state index is 9.95. The van der Waals surface area contributed by atoms with Gasteiger partial charge >= 0.3 is 0 Å². The van der Waals surface area contributed by atoms with Gasteiger partial charge in [0.05, 0.1) is 0 Å². The summed E-state index contributed by atoms with van der Waals surface area (Å²) in [6.07, 6.45) is 5.01. The van der Waals surface area contributed by atoms with Gasteiger partial charge in [-0.25, -0.2) is 0 Å². The molecule has 1 aromatic carbocycles. The molecule has 3 nitrogen and oxygen atoms in total. The third kappa shape index (κ3) is 2.28. The molecular formula is C15H20BrNO2. The number of hydrogen-bond donors (Lipinski definition) is 2. The Morgan fingerprint density at radius 3 is 2.84 bits per heavy atom. The topological polar surface area (TPSA) is 43.7 Å². The van der Waals surface area contributed by atoms with Gasteiger partial charge in [0.2, 0.25) is 0 Å². The number of aromatic hydroxyl groups is 2. The molecule has 1 aliphatic carbocycles. The van der Waals surface area contributed by atoms with Crippen LogP contribution in [0.2, 0.25) is 0 Å². The van der Waals surface area contributed by atoms with E-state index in [2.05, 4.69) is 11.5 Å². The van der Waals surface area contributed by atoms with E-state index in [-0.39, 0.29) is 28.5 Å². The zero-order valence-corrected chi connectivity index (χ0v) is 12.6. The molecule has 0 amide bonds. The summed E-state index contributed by atoms with van der Waals surface area (Å²) in [6.45, 7) is 5.86. The van der Waals surface area contributed by atoms with Crippen LogP contribution >= 0.6 is 17.0 Å². The Balaban J connectivity index is 0.00000133. The van der Waals surface area contributed by atoms with Crippen molar-refractivity contribution >= 4 is 17.0 Å². The quantitative estimate of drug-likeness (QED) is 0.649. The average Bonchev–Trinajstić information content (AvgIpc) is 2.78. The molecule has 1 aromatic rings. The van der Waals surface area contributed by atoms with E-state index in [4.69, 9.17) is 0 Å². The molecule has 1 fully saturated rings. The smallest absolute Gasteiger partial charge is 0.160 e. The minimum atomic E-state index is 0. The standard InChI is InChI=1S/C15H19NO2.BrH/c1-2-8-16-9-7-11-10-4-6-14(17)15(18)12(10)3-5-13(11)16;/h2,4,6,11,13,17-18H,1,3,5,7-9H2;1H/t11-,13+;/m0./s1. The molecule has 0 unspecified atom stereocenters. The normalized spacial score (nSPS) is 25.3. The third-order valence-electron chi connectivity index (χ3n) is 4.41. The predicted octanol–water partition coefficient (Wildman–Crippen LogP) is 2.97. The van der Waals surface area contributed by atoms with E-state index in [1.807, 2.05) is 12.1 Å². The first-order valence-corrected chi connectivity index (χ1v) is 6.61. The first-order chi connectivity index (χ1) is 8.72. The van der Waals surface area contributed by atoms with Crippen molar-refractivity contribution in [1.82, 2.24) is 4.90 Å². The fourth-order valence-corrected chi connectivity index (χ4v) is 3.60. The summed E-state index contributed by atoms with van der Waals surface area (Å²) >= 11 is 0. The summed E-state index contributed by atoms with van der Waals surface area (Å²) in [4.78, 5) is 2.48. The maximum atomic E-state index is 9.95. The first kappa shape index (κ1) is 14.4. The summed E-state index contributed by atoms with van der Waals surface area (Å²) in [6, 6.07) is 4.17. The number of hydrogen-bond acceptors (Lipinski definition) is 3. The van der Waals surface area contributed by atoms with Crippen LogP contribution in [0, 0.1) is 0 Å². The van der Waals surface area contributed by atoms with Crippen LogP contribution in [0.3, 0.4) is 0 Å². The van der Waals surface area contributed by atoms with Crippen molar-refractivity contribution in [3.8, 4) is 11.5 Å². The highest BCUT2D eigenvalue weighted by atomic mass is 79.9. The van der Waals surface area contributed by atoms with Gasteiger partial charge in [0, 0.05) is 24.1 Å². The van der Waals surface area contributed by atoms with Crippen molar-refractivity contribution in [2.75, 3.05) is 13.1 Å². The Morgan fingerprint density at radius 2 is 2.11 bits per heavy atom. The summed E-state index contributed by atoms with van der Waals surface area (Å²) in [5.74, 6) is 0.599. The molecular weight excluding hydrogens is 306 g/mol. The second-order valence-electron chi connectivity index (χ2n) is 5.29. The highest BCUT2D eigenvalue weighted by molar-refractivity contribution is 8.93. The Kier molecular flexibility index (Phi) is 4.21. The van der Waals surface area contributed by atoms with Crippen LogP contribution in [-0.2, 0) is 6.42 Å². The molecule has 1 heterocycles. The Morgan fingerprint density at radius 1 is 1.32 bits per heavy atom. The lowest BCUT2D eigenvalue weighted by Crippen LogP contribution is -2.35. The van der Waals surface area contributed by atoms with Gasteiger partial charge in [-0.1, -0.05) is 12.1 Å². The molecule has 0 bridgehead atoms. The molecule has 0 saturated carbocycles. The fraction of sp³-hybridized carbons (Fsp3) is 0.467. The van der Waals surface area contributed by atoms with E-state index in [9.17, 15) is 10.2 Å². The van der Waals surface area contributed by atoms with Crippen molar-refractivity contribution in [3.05, 3.63) is 35.9 Å². The molecule has 1 aliphatic heterocycles. The lowest BCUT2D eigenvalue weighted by atomic mass is 9.79. The number of nitrogens with zero attached hydrogens (tertiary/aromatic N) is 1. The van der Waals surface area contributed by atoms with Crippen LogP contribution in [-0.4, -0.2) is 34.2 Å². The zero-order valence-electron chi connectivity index (χ0n) is 10.9. The summed E-state index contributed by atoms with van der Waals surface area (Å²) < 4.78 is 0. The van der Waals surface area contributed by atoms with Crippen LogP contribution in [0.15, 0.2) is 24.8 Å². The molecule has 19 heavy (non-hydrogen) atoms. The lowest BCUT2D eigenvalue weighted by molar-refractivity contribution is 0.248. The molecule has 2 N–H and O–H groups in total. The van der Waals surface area contributed by atoms with Crippen LogP contribution < -0.4 is 0 Å². The van der Waals surface area contributed by atoms with Gasteiger partial charge in [0.25, 0.3) is 0 Å². The largest absolute Gasteiger partial charge is 0.504 e. The molecule has 0 radical (unpaired) electrons. The van der Waals surface area contributed by atoms with Crippen LogP contribution in [0.4, 0.5) is 0 Å². The van der Waals surface area contributed by atoms with Crippen LogP contribution in [0.1, 0.15) is 29.9 Å². The molecule has 104 valence electrons. The Bertz CT molecular complexity index is 489. The first-order valence-electron chi connectivity index (χ1n) is 6.61. The van der Waals surface area contributed by atoms with Crippen molar-refractivity contribution < 1.29 is 10.2 Å². The predicted molar refractivity (Wildman–Crippen MR) is 81.3 cm³/mol.